The van der Waals surface area contributed by atoms with Crippen molar-refractivity contribution in [1.29, 1.82) is 0 Å². The lowest BCUT2D eigenvalue weighted by atomic mass is 9.73. The third kappa shape index (κ3) is 4.08. The number of hydrogen-bond donors (Lipinski definition) is 1. The summed E-state index contributed by atoms with van der Waals surface area (Å²) in [5.41, 5.74) is -0.411. The van der Waals surface area contributed by atoms with E-state index in [1.165, 1.54) is 4.90 Å². The van der Waals surface area contributed by atoms with Gasteiger partial charge in [0.25, 0.3) is 5.91 Å². The average Bonchev–Trinajstić information content (AvgIpc) is 3.40. The fourth-order valence-corrected chi connectivity index (χ4v) is 5.41. The number of pyridine rings is 1. The predicted molar refractivity (Wildman–Crippen MR) is 118 cm³/mol. The van der Waals surface area contributed by atoms with Gasteiger partial charge in [-0.15, -0.1) is 11.3 Å². The molecule has 4 rings (SSSR count). The molecule has 4 heterocycles. The van der Waals surface area contributed by atoms with Crippen molar-refractivity contribution in [3.63, 3.8) is 0 Å². The number of thiophene rings is 1. The van der Waals surface area contributed by atoms with Crippen LogP contribution in [0.15, 0.2) is 42.0 Å². The Hall–Kier alpha value is -2.74. The number of likely N-dealkylation sites (tertiary alicyclic amines) is 1. The van der Waals surface area contributed by atoms with Crippen LogP contribution in [0.25, 0.3) is 0 Å². The van der Waals surface area contributed by atoms with Crippen molar-refractivity contribution in [2.24, 2.45) is 5.92 Å². The summed E-state index contributed by atoms with van der Waals surface area (Å²) < 4.78 is 0. The quantitative estimate of drug-likeness (QED) is 0.671. The highest BCUT2D eigenvalue weighted by Crippen LogP contribution is 2.41. The Balaban J connectivity index is 1.57. The van der Waals surface area contributed by atoms with Crippen LogP contribution >= 0.6 is 11.3 Å². The van der Waals surface area contributed by atoms with E-state index in [1.807, 2.05) is 35.4 Å². The highest BCUT2D eigenvalue weighted by atomic mass is 32.1. The van der Waals surface area contributed by atoms with E-state index >= 15 is 0 Å². The molecule has 8 heteroatoms. The molecule has 0 aromatic carbocycles. The van der Waals surface area contributed by atoms with E-state index in [-0.39, 0.29) is 23.8 Å². The molecule has 0 spiro atoms. The minimum Gasteiger partial charge on any atom is -0.343 e. The van der Waals surface area contributed by atoms with Crippen molar-refractivity contribution in [2.75, 3.05) is 19.6 Å². The molecule has 0 aliphatic carbocycles. The summed E-state index contributed by atoms with van der Waals surface area (Å²) in [6, 6.07) is 7.29. The Morgan fingerprint density at radius 2 is 2.06 bits per heavy atom. The molecule has 1 atom stereocenters. The second-order valence-electron chi connectivity index (χ2n) is 8.17. The van der Waals surface area contributed by atoms with Crippen molar-refractivity contribution in [1.82, 2.24) is 20.1 Å². The van der Waals surface area contributed by atoms with Gasteiger partial charge in [0.1, 0.15) is 0 Å². The minimum absolute atomic E-state index is 0.0921. The third-order valence-electron chi connectivity index (χ3n) is 6.33. The van der Waals surface area contributed by atoms with Crippen LogP contribution in [0, 0.1) is 5.92 Å². The standard InChI is InChI=1S/C23H28N4O3S/c1-2-5-20(28)26-12-8-17(9-13-26)23(18-6-3-11-24-16-18)21(29)27(22(30)25-23)14-10-19-7-4-15-31-19/h3-4,6-7,11,15-17H,2,5,8-10,12-14H2,1H3,(H,25,30). The van der Waals surface area contributed by atoms with E-state index in [1.54, 1.807) is 29.8 Å². The second kappa shape index (κ2) is 9.18. The maximum Gasteiger partial charge on any atom is 0.325 e. The Kier molecular flexibility index (Phi) is 6.36. The van der Waals surface area contributed by atoms with E-state index in [2.05, 4.69) is 10.3 Å². The highest BCUT2D eigenvalue weighted by molar-refractivity contribution is 7.09. The molecule has 1 N–H and O–H groups in total. The molecule has 31 heavy (non-hydrogen) atoms. The van der Waals surface area contributed by atoms with Gasteiger partial charge in [-0.3, -0.25) is 19.5 Å². The predicted octanol–water partition coefficient (Wildman–Crippen LogP) is 3.17. The van der Waals surface area contributed by atoms with E-state index in [4.69, 9.17) is 0 Å². The molecule has 7 nitrogen and oxygen atoms in total. The lowest BCUT2D eigenvalue weighted by molar-refractivity contribution is -0.136. The summed E-state index contributed by atoms with van der Waals surface area (Å²) >= 11 is 1.62. The second-order valence-corrected chi connectivity index (χ2v) is 9.20. The smallest absolute Gasteiger partial charge is 0.325 e. The lowest BCUT2D eigenvalue weighted by Crippen LogP contribution is -2.54. The molecule has 2 saturated heterocycles. The van der Waals surface area contributed by atoms with Gasteiger partial charge in [0.05, 0.1) is 0 Å². The fraction of sp³-hybridized carbons (Fsp3) is 0.478. The van der Waals surface area contributed by atoms with Crippen LogP contribution in [0.5, 0.6) is 0 Å². The van der Waals surface area contributed by atoms with Crippen molar-refractivity contribution < 1.29 is 14.4 Å². The van der Waals surface area contributed by atoms with Crippen molar-refractivity contribution >= 4 is 29.2 Å². The molecule has 1 unspecified atom stereocenters. The first-order valence-corrected chi connectivity index (χ1v) is 11.8. The number of nitrogens with zero attached hydrogens (tertiary/aromatic N) is 3. The Bertz CT molecular complexity index is 926. The van der Waals surface area contributed by atoms with Crippen LogP contribution in [0.1, 0.15) is 43.0 Å². The van der Waals surface area contributed by atoms with E-state index in [9.17, 15) is 14.4 Å². The van der Waals surface area contributed by atoms with Gasteiger partial charge in [-0.1, -0.05) is 19.1 Å². The van der Waals surface area contributed by atoms with Gasteiger partial charge in [0, 0.05) is 48.9 Å². The third-order valence-corrected chi connectivity index (χ3v) is 7.27. The summed E-state index contributed by atoms with van der Waals surface area (Å²) in [4.78, 5) is 47.6. The van der Waals surface area contributed by atoms with Crippen LogP contribution in [0.2, 0.25) is 0 Å². The summed E-state index contributed by atoms with van der Waals surface area (Å²) in [6.07, 6.45) is 6.68. The zero-order valence-electron chi connectivity index (χ0n) is 17.8. The number of aromatic nitrogens is 1. The number of imide groups is 1. The van der Waals surface area contributed by atoms with Crippen molar-refractivity contribution in [3.8, 4) is 0 Å². The molecule has 2 aromatic heterocycles. The van der Waals surface area contributed by atoms with Gasteiger partial charge in [0.15, 0.2) is 5.54 Å². The molecule has 2 aliphatic rings. The number of carbonyl (C=O) groups is 3. The molecule has 0 bridgehead atoms. The summed E-state index contributed by atoms with van der Waals surface area (Å²) in [5, 5.41) is 5.04. The normalized spacial score (nSPS) is 22.1. The van der Waals surface area contributed by atoms with Gasteiger partial charge in [-0.25, -0.2) is 4.79 Å². The Morgan fingerprint density at radius 3 is 2.71 bits per heavy atom. The van der Waals surface area contributed by atoms with Crippen LogP contribution in [-0.4, -0.2) is 52.3 Å². The number of nitrogens with one attached hydrogen (secondary N) is 1. The number of hydrogen-bond acceptors (Lipinski definition) is 5. The summed E-state index contributed by atoms with van der Waals surface area (Å²) in [6.45, 7) is 3.55. The number of piperidine rings is 1. The SMILES string of the molecule is CCCC(=O)N1CCC(C2(c3cccnc3)NC(=O)N(CCc3cccs3)C2=O)CC1. The van der Waals surface area contributed by atoms with Gasteiger partial charge in [-0.2, -0.15) is 0 Å². The van der Waals surface area contributed by atoms with Crippen LogP contribution in [-0.2, 0) is 21.5 Å². The topological polar surface area (TPSA) is 82.6 Å². The van der Waals surface area contributed by atoms with Gasteiger partial charge in [0.2, 0.25) is 5.91 Å². The molecule has 2 aliphatic heterocycles. The maximum atomic E-state index is 13.8. The lowest BCUT2D eigenvalue weighted by Gasteiger charge is -2.41. The maximum absolute atomic E-state index is 13.8. The average molecular weight is 441 g/mol. The number of amides is 4. The number of rotatable bonds is 7. The van der Waals surface area contributed by atoms with Crippen molar-refractivity contribution in [2.45, 2.75) is 44.6 Å². The first-order chi connectivity index (χ1) is 15.1. The molecule has 2 aromatic rings. The monoisotopic (exact) mass is 440 g/mol. The minimum atomic E-state index is -1.12. The first-order valence-electron chi connectivity index (χ1n) is 10.9. The molecule has 4 amide bonds. The van der Waals surface area contributed by atoms with Gasteiger partial charge in [-0.05, 0) is 49.1 Å². The van der Waals surface area contributed by atoms with E-state index in [0.29, 0.717) is 50.9 Å². The van der Waals surface area contributed by atoms with Crippen LogP contribution in [0.3, 0.4) is 0 Å². The molecule has 164 valence electrons. The summed E-state index contributed by atoms with van der Waals surface area (Å²) in [7, 11) is 0. The molecular weight excluding hydrogens is 412 g/mol. The molecule has 2 fully saturated rings. The Morgan fingerprint density at radius 1 is 1.26 bits per heavy atom. The zero-order chi connectivity index (χ0) is 21.8. The number of carbonyl (C=O) groups excluding carboxylic acids is 3. The number of urea groups is 1. The zero-order valence-corrected chi connectivity index (χ0v) is 18.6. The highest BCUT2D eigenvalue weighted by Gasteiger charge is 2.57. The fourth-order valence-electron chi connectivity index (χ4n) is 4.71. The Labute approximate surface area is 186 Å². The van der Waals surface area contributed by atoms with Crippen LogP contribution < -0.4 is 5.32 Å². The molecular formula is C23H28N4O3S. The molecule has 0 saturated carbocycles. The van der Waals surface area contributed by atoms with E-state index < -0.39 is 5.54 Å². The first kappa shape index (κ1) is 21.5. The van der Waals surface area contributed by atoms with Crippen molar-refractivity contribution in [3.05, 3.63) is 52.5 Å². The van der Waals surface area contributed by atoms with Gasteiger partial charge >= 0.3 is 6.03 Å². The van der Waals surface area contributed by atoms with Gasteiger partial charge < -0.3 is 10.2 Å². The van der Waals surface area contributed by atoms with Crippen LogP contribution in [0.4, 0.5) is 4.79 Å². The molecule has 0 radical (unpaired) electrons. The summed E-state index contributed by atoms with van der Waals surface area (Å²) in [5.74, 6) is -0.137. The van der Waals surface area contributed by atoms with E-state index in [0.717, 1.165) is 11.3 Å². The largest absolute Gasteiger partial charge is 0.343 e.